The van der Waals surface area contributed by atoms with Crippen LogP contribution in [0, 0.1) is 95.2 Å². The van der Waals surface area contributed by atoms with Gasteiger partial charge in [-0.3, -0.25) is 28.8 Å². The summed E-state index contributed by atoms with van der Waals surface area (Å²) in [5.74, 6) is -3.98. The third-order valence-electron chi connectivity index (χ3n) is 25.4. The fraction of sp³-hybridized carbons (Fsp3) is 0.279. The van der Waals surface area contributed by atoms with Crippen LogP contribution in [-0.2, 0) is 48.2 Å². The first kappa shape index (κ1) is 93.1. The Kier molecular flexibility index (Phi) is 26.7. The first-order valence-electron chi connectivity index (χ1n) is 44.9. The van der Waals surface area contributed by atoms with Gasteiger partial charge in [-0.05, 0) is 241 Å². The lowest BCUT2D eigenvalue weighted by atomic mass is 9.94. The van der Waals surface area contributed by atoms with Crippen LogP contribution in [0.15, 0.2) is 195 Å². The van der Waals surface area contributed by atoms with Gasteiger partial charge in [-0.2, -0.15) is 15.8 Å². The molecule has 136 heavy (non-hydrogen) atoms. The van der Waals surface area contributed by atoms with Gasteiger partial charge < -0.3 is 69.5 Å². The molecule has 32 heteroatoms. The van der Waals surface area contributed by atoms with Crippen molar-refractivity contribution in [2.45, 2.75) is 124 Å². The van der Waals surface area contributed by atoms with Crippen LogP contribution in [0.5, 0.6) is 5.88 Å². The van der Waals surface area contributed by atoms with Crippen molar-refractivity contribution in [3.63, 3.8) is 0 Å². The highest BCUT2D eigenvalue weighted by atomic mass is 19.3. The summed E-state index contributed by atoms with van der Waals surface area (Å²) in [6, 6.07) is 54.8. The third-order valence-corrected chi connectivity index (χ3v) is 25.4. The smallest absolute Gasteiger partial charge is 0.271 e. The van der Waals surface area contributed by atoms with Gasteiger partial charge >= 0.3 is 0 Å². The minimum absolute atomic E-state index is 0.0855. The highest BCUT2D eigenvalue weighted by Gasteiger charge is 2.47. The van der Waals surface area contributed by atoms with Gasteiger partial charge in [0.15, 0.2) is 0 Å². The molecule has 5 aliphatic carbocycles. The molecule has 1 aliphatic heterocycles. The SMILES string of the molecule is CC(F)(F)c1ccccc1-c1cc(N)c2cnc(NC(=O)[C@H]3C[C@@H]3C#N)cc2c1.CCC1CCC(=O)N1c1cc(N)c2cnc(NC(=O)[C@@H]3C[C@@H]3F)cc2c1.CCOc1cc(CC)c(-c2cc(N)c3cnc(NC(=O)[C@H]4C[C@@H]4C#N)cc3c2)cn1.Cc1ccc(-c2cc(N)c3cnc(NC(=O)[C@H]4C[C@@H]4C#N)cc3c2)n1C.Cc1ccccc1-c1cc(N)c2cnc(NC(=O)[C@H]3C[C@H]3F)cc2c1. The molecule has 1 unspecified atom stereocenters. The van der Waals surface area contributed by atoms with Crippen molar-refractivity contribution in [3.8, 4) is 68.7 Å². The van der Waals surface area contributed by atoms with E-state index in [1.54, 1.807) is 85.6 Å². The number of hydrogen-bond donors (Lipinski definition) is 10. The quantitative estimate of drug-likeness (QED) is 0.0250. The van der Waals surface area contributed by atoms with E-state index in [0.717, 1.165) is 125 Å². The van der Waals surface area contributed by atoms with Gasteiger partial charge in [0.25, 0.3) is 5.92 Å². The number of aromatic nitrogens is 7. The van der Waals surface area contributed by atoms with Crippen LogP contribution in [0.4, 0.5) is 80.8 Å². The van der Waals surface area contributed by atoms with Crippen LogP contribution >= 0.6 is 0 Å². The lowest BCUT2D eigenvalue weighted by Gasteiger charge is -2.24. The lowest BCUT2D eigenvalue weighted by Crippen LogP contribution is -2.32. The molecule has 0 bridgehead atoms. The zero-order valence-corrected chi connectivity index (χ0v) is 75.6. The summed E-state index contributed by atoms with van der Waals surface area (Å²) < 4.78 is 61.8. The number of nitrogen functional groups attached to an aromatic ring is 5. The van der Waals surface area contributed by atoms with E-state index in [2.05, 4.69) is 125 Å². The largest absolute Gasteiger partial charge is 0.478 e. The molecule has 14 aromatic rings. The summed E-state index contributed by atoms with van der Waals surface area (Å²) in [6.45, 7) is 11.6. The molecule has 6 aliphatic rings. The number of amides is 6. The van der Waals surface area contributed by atoms with Crippen molar-refractivity contribution >= 4 is 153 Å². The molecular formula is C104H99F4N21O7. The van der Waals surface area contributed by atoms with Gasteiger partial charge in [0.2, 0.25) is 41.3 Å². The van der Waals surface area contributed by atoms with Crippen LogP contribution in [0.2, 0.25) is 0 Å². The van der Waals surface area contributed by atoms with Crippen molar-refractivity contribution < 1.29 is 51.1 Å². The van der Waals surface area contributed by atoms with Crippen molar-refractivity contribution in [1.29, 1.82) is 15.8 Å². The van der Waals surface area contributed by atoms with Crippen molar-refractivity contribution in [3.05, 3.63) is 217 Å². The molecule has 0 radical (unpaired) electrons. The fourth-order valence-electron chi connectivity index (χ4n) is 17.0. The van der Waals surface area contributed by atoms with E-state index < -0.39 is 30.1 Å². The molecule has 6 fully saturated rings. The van der Waals surface area contributed by atoms with Crippen molar-refractivity contribution in [2.24, 2.45) is 54.4 Å². The summed E-state index contributed by atoms with van der Waals surface area (Å²) in [5, 5.41) is 48.4. The van der Waals surface area contributed by atoms with E-state index in [1.165, 1.54) is 6.07 Å². The molecule has 0 spiro atoms. The number of nitrogens with two attached hydrogens (primary N) is 5. The predicted octanol–water partition coefficient (Wildman–Crippen LogP) is 19.0. The fourth-order valence-corrected chi connectivity index (χ4v) is 17.0. The summed E-state index contributed by atoms with van der Waals surface area (Å²) >= 11 is 0. The zero-order chi connectivity index (χ0) is 96.4. The monoisotopic (exact) mass is 1830 g/mol. The minimum Gasteiger partial charge on any atom is -0.478 e. The molecule has 7 aromatic carbocycles. The molecular weight excluding hydrogens is 1730 g/mol. The molecule has 15 N–H and O–H groups in total. The van der Waals surface area contributed by atoms with Crippen molar-refractivity contribution in [2.75, 3.05) is 66.8 Å². The van der Waals surface area contributed by atoms with E-state index in [4.69, 9.17) is 49.2 Å². The summed E-state index contributed by atoms with van der Waals surface area (Å²) in [4.78, 5) is 100. The number of carbonyl (C=O) groups excluding carboxylic acids is 6. The second kappa shape index (κ2) is 38.9. The van der Waals surface area contributed by atoms with Gasteiger partial charge in [-0.1, -0.05) is 62.4 Å². The molecule has 28 nitrogen and oxygen atoms in total. The number of benzene rings is 7. The number of hydrogen-bond acceptors (Lipinski definition) is 21. The highest BCUT2D eigenvalue weighted by Crippen LogP contribution is 2.46. The number of anilines is 11. The highest BCUT2D eigenvalue weighted by molar-refractivity contribution is 6.07. The van der Waals surface area contributed by atoms with E-state index in [-0.39, 0.29) is 89.0 Å². The molecule has 20 rings (SSSR count). The minimum atomic E-state index is -3.00. The second-order valence-electron chi connectivity index (χ2n) is 35.1. The standard InChI is InChI=1S/C23H23N5O2.C22H18F2N4O.C20H18FN3O.C20H19N5O.C19H21FN4O2/c1-3-13-9-22(30-4-2)27-11-18(13)14-5-15-8-21(26-12-19(15)20(25)7-14)28-23(29)17-6-16(17)10-24;1-22(23,24)18-5-3-2-4-15(18)12-6-13-9-20(27-11-17(13)19(26)8-12)28-21(29)16-7-14(16)10-25;1-11-4-2-3-5-14(11)12-6-13-8-19(23-10-16(13)18(22)7-12)24-20(25)15-9-17(15)21;1-11-3-4-18(25(11)2)13-5-12-8-19(23-10-16(12)17(22)7-13)24-20(26)15-6-14(15)9-21;1-2-11-3-4-18(25)24(11)12-5-10-6-17(22-9-14(10)16(21)7-12)23-19(26)13-8-15(13)20/h5,7-9,11-12,16-17H,3-4,6,25H2,1-2H3,(H,26,28,29);2-6,8-9,11,14,16H,7,26H2,1H3,(H,27,28,29);2-8,10,15,17H,9,22H2,1H3,(H,23,24,25);3-5,7-8,10,14-15H,6,22H2,1-2H3,(H,23,24,26);5-7,9,11,13,15H,2-4,8,21H2,1H3,(H,22,23,26)/t16-,17+;14-,16+;15-,17+;14-,15+;11?,13-,15+/m11011/s1. The maximum atomic E-state index is 14.1. The number of nitrogens with zero attached hydrogens (tertiary/aromatic N) is 11. The maximum Gasteiger partial charge on any atom is 0.271 e. The number of nitriles is 3. The summed E-state index contributed by atoms with van der Waals surface area (Å²) in [5.41, 5.74) is 45.1. The maximum absolute atomic E-state index is 14.1. The Morgan fingerprint density at radius 2 is 0.838 bits per heavy atom. The summed E-state index contributed by atoms with van der Waals surface area (Å²) in [6.07, 6.45) is 13.3. The molecule has 11 atom stereocenters. The third kappa shape index (κ3) is 20.7. The first-order valence-corrected chi connectivity index (χ1v) is 44.9. The van der Waals surface area contributed by atoms with Crippen LogP contribution in [0.1, 0.15) is 101 Å². The van der Waals surface area contributed by atoms with Crippen LogP contribution in [0.25, 0.3) is 98.5 Å². The van der Waals surface area contributed by atoms with Gasteiger partial charge in [-0.25, -0.2) is 47.5 Å². The Morgan fingerprint density at radius 3 is 1.21 bits per heavy atom. The predicted molar refractivity (Wildman–Crippen MR) is 520 cm³/mol. The molecule has 690 valence electrons. The Morgan fingerprint density at radius 1 is 0.463 bits per heavy atom. The van der Waals surface area contributed by atoms with Crippen LogP contribution < -0.4 is 64.9 Å². The number of pyridine rings is 6. The van der Waals surface area contributed by atoms with E-state index >= 15 is 0 Å². The van der Waals surface area contributed by atoms with E-state index in [9.17, 15) is 46.3 Å². The first-order chi connectivity index (χ1) is 65.3. The van der Waals surface area contributed by atoms with Crippen LogP contribution in [-0.4, -0.2) is 94.9 Å². The number of nitrogens with one attached hydrogen (secondary N) is 5. The van der Waals surface area contributed by atoms with Gasteiger partial charge in [-0.15, -0.1) is 0 Å². The van der Waals surface area contributed by atoms with Crippen molar-refractivity contribution in [1.82, 2.24) is 34.5 Å². The average molecular weight is 1830 g/mol. The Balaban J connectivity index is 0.000000123. The number of rotatable bonds is 20. The number of carbonyl (C=O) groups is 6. The molecule has 6 amide bonds. The number of ether oxygens (including phenoxy) is 1. The molecule has 8 heterocycles. The number of alkyl halides is 4. The molecule has 1 saturated heterocycles. The Bertz CT molecular complexity index is 7270. The normalized spacial score (nSPS) is 19.5. The molecule has 5 saturated carbocycles. The summed E-state index contributed by atoms with van der Waals surface area (Å²) in [7, 11) is 2.02. The van der Waals surface area contributed by atoms with Gasteiger partial charge in [0, 0.05) is 159 Å². The number of halogens is 4. The molecule has 7 aromatic heterocycles. The average Bonchev–Trinajstić information content (AvgIpc) is 1.26. The van der Waals surface area contributed by atoms with Gasteiger partial charge in [0.1, 0.15) is 41.4 Å². The Hall–Kier alpha value is -16.2. The van der Waals surface area contributed by atoms with Crippen LogP contribution in [0.3, 0.4) is 0 Å². The Labute approximate surface area is 780 Å². The second-order valence-corrected chi connectivity index (χ2v) is 35.1. The zero-order valence-electron chi connectivity index (χ0n) is 75.6. The van der Waals surface area contributed by atoms with Gasteiger partial charge in [0.05, 0.1) is 72.2 Å². The van der Waals surface area contributed by atoms with E-state index in [0.29, 0.717) is 124 Å². The number of aryl methyl sites for hydroxylation is 3. The lowest BCUT2D eigenvalue weighted by molar-refractivity contribution is -0.118. The topological polar surface area (TPSA) is 459 Å². The number of fused-ring (bicyclic) bond motifs is 5. The van der Waals surface area contributed by atoms with E-state index in [1.807, 2.05) is 104 Å².